The molecule has 0 heterocycles. The summed E-state index contributed by atoms with van der Waals surface area (Å²) in [6.07, 6.45) is 2.17. The van der Waals surface area contributed by atoms with Crippen molar-refractivity contribution in [1.29, 1.82) is 0 Å². The van der Waals surface area contributed by atoms with Crippen molar-refractivity contribution in [2.24, 2.45) is 5.73 Å². The van der Waals surface area contributed by atoms with E-state index in [0.29, 0.717) is 6.54 Å². The van der Waals surface area contributed by atoms with Gasteiger partial charge >= 0.3 is 0 Å². The number of hydrogen-bond acceptors (Lipinski definition) is 2. The first kappa shape index (κ1) is 15.7. The van der Waals surface area contributed by atoms with Gasteiger partial charge in [0.25, 0.3) is 0 Å². The van der Waals surface area contributed by atoms with Gasteiger partial charge < -0.3 is 10.6 Å². The minimum absolute atomic E-state index is 0.203. The normalized spacial score (nSPS) is 11.0. The molecule has 0 aromatic heterocycles. The average Bonchev–Trinajstić information content (AvgIpc) is 2.47. The second-order valence-electron chi connectivity index (χ2n) is 5.50. The van der Waals surface area contributed by atoms with Crippen LogP contribution in [0.15, 0.2) is 48.5 Å². The molecular formula is C18H23FN2. The van der Waals surface area contributed by atoms with Crippen molar-refractivity contribution in [3.05, 3.63) is 71.0 Å². The second kappa shape index (κ2) is 7.91. The molecule has 0 bridgehead atoms. The lowest BCUT2D eigenvalue weighted by molar-refractivity contribution is 0.321. The van der Waals surface area contributed by atoms with Gasteiger partial charge in [-0.2, -0.15) is 0 Å². The van der Waals surface area contributed by atoms with Gasteiger partial charge in [0.2, 0.25) is 0 Å². The van der Waals surface area contributed by atoms with Crippen molar-refractivity contribution in [3.8, 4) is 0 Å². The molecule has 0 aliphatic rings. The van der Waals surface area contributed by atoms with Crippen LogP contribution in [0.5, 0.6) is 0 Å². The van der Waals surface area contributed by atoms with Crippen LogP contribution >= 0.6 is 0 Å². The van der Waals surface area contributed by atoms with Crippen molar-refractivity contribution >= 4 is 0 Å². The number of rotatable bonds is 7. The van der Waals surface area contributed by atoms with Gasteiger partial charge in [0.15, 0.2) is 0 Å². The molecule has 112 valence electrons. The number of aryl methyl sites for hydroxylation is 1. The Labute approximate surface area is 126 Å². The van der Waals surface area contributed by atoms with Crippen LogP contribution in [0.2, 0.25) is 0 Å². The molecule has 2 N–H and O–H groups in total. The third-order valence-electron chi connectivity index (χ3n) is 3.55. The maximum absolute atomic E-state index is 13.5. The first-order valence-electron chi connectivity index (χ1n) is 7.38. The molecule has 0 atom stereocenters. The molecule has 2 aromatic carbocycles. The fourth-order valence-corrected chi connectivity index (χ4v) is 2.51. The zero-order valence-electron chi connectivity index (χ0n) is 12.6. The molecule has 0 fully saturated rings. The van der Waals surface area contributed by atoms with Crippen LogP contribution in [0.1, 0.15) is 23.1 Å². The summed E-state index contributed by atoms with van der Waals surface area (Å²) >= 11 is 0. The van der Waals surface area contributed by atoms with Crippen LogP contribution in [0, 0.1) is 5.82 Å². The smallest absolute Gasteiger partial charge is 0.123 e. The zero-order chi connectivity index (χ0) is 15.1. The van der Waals surface area contributed by atoms with E-state index >= 15 is 0 Å². The first-order chi connectivity index (χ1) is 10.2. The SMILES string of the molecule is CN(CCCc1ccccc1)Cc1cc(F)cc(CN)c1. The van der Waals surface area contributed by atoms with E-state index in [1.165, 1.54) is 11.6 Å². The Balaban J connectivity index is 1.81. The quantitative estimate of drug-likeness (QED) is 0.846. The molecule has 0 amide bonds. The van der Waals surface area contributed by atoms with Gasteiger partial charge in [-0.15, -0.1) is 0 Å². The maximum Gasteiger partial charge on any atom is 0.123 e. The monoisotopic (exact) mass is 286 g/mol. The molecule has 0 saturated heterocycles. The lowest BCUT2D eigenvalue weighted by Gasteiger charge is -2.17. The van der Waals surface area contributed by atoms with Crippen LogP contribution in [-0.4, -0.2) is 18.5 Å². The number of nitrogens with zero attached hydrogens (tertiary/aromatic N) is 1. The highest BCUT2D eigenvalue weighted by molar-refractivity contribution is 5.24. The van der Waals surface area contributed by atoms with E-state index in [0.717, 1.165) is 37.1 Å². The average molecular weight is 286 g/mol. The standard InChI is InChI=1S/C18H23FN2/c1-21(9-5-8-15-6-3-2-4-7-15)14-17-10-16(13-20)11-18(19)12-17/h2-4,6-7,10-12H,5,8-9,13-14,20H2,1H3. The minimum atomic E-state index is -0.203. The van der Waals surface area contributed by atoms with E-state index in [1.807, 2.05) is 12.1 Å². The molecule has 0 aliphatic carbocycles. The van der Waals surface area contributed by atoms with Gasteiger partial charge in [-0.1, -0.05) is 36.4 Å². The van der Waals surface area contributed by atoms with Gasteiger partial charge in [0.1, 0.15) is 5.82 Å². The highest BCUT2D eigenvalue weighted by atomic mass is 19.1. The lowest BCUT2D eigenvalue weighted by Crippen LogP contribution is -2.20. The molecular weight excluding hydrogens is 263 g/mol. The van der Waals surface area contributed by atoms with Gasteiger partial charge in [0.05, 0.1) is 0 Å². The second-order valence-corrected chi connectivity index (χ2v) is 5.50. The van der Waals surface area contributed by atoms with Gasteiger partial charge in [-0.25, -0.2) is 4.39 Å². The fourth-order valence-electron chi connectivity index (χ4n) is 2.51. The fraction of sp³-hybridized carbons (Fsp3) is 0.333. The van der Waals surface area contributed by atoms with Crippen LogP contribution in [-0.2, 0) is 19.5 Å². The molecule has 2 nitrogen and oxygen atoms in total. The third kappa shape index (κ3) is 5.29. The largest absolute Gasteiger partial charge is 0.326 e. The number of hydrogen-bond donors (Lipinski definition) is 1. The number of benzene rings is 2. The van der Waals surface area contributed by atoms with E-state index in [4.69, 9.17) is 5.73 Å². The summed E-state index contributed by atoms with van der Waals surface area (Å²) in [6, 6.07) is 15.6. The van der Waals surface area contributed by atoms with E-state index in [2.05, 4.69) is 36.2 Å². The Morgan fingerprint density at radius 2 is 1.71 bits per heavy atom. The van der Waals surface area contributed by atoms with Crippen LogP contribution in [0.25, 0.3) is 0 Å². The summed E-state index contributed by atoms with van der Waals surface area (Å²) in [5.74, 6) is -0.203. The van der Waals surface area contributed by atoms with Crippen molar-refractivity contribution < 1.29 is 4.39 Å². The molecule has 3 heteroatoms. The number of halogens is 1. The van der Waals surface area contributed by atoms with Crippen LogP contribution < -0.4 is 5.73 Å². The molecule has 0 spiro atoms. The van der Waals surface area contributed by atoms with Crippen LogP contribution in [0.3, 0.4) is 0 Å². The molecule has 0 unspecified atom stereocenters. The summed E-state index contributed by atoms with van der Waals surface area (Å²) in [5, 5.41) is 0. The third-order valence-corrected chi connectivity index (χ3v) is 3.55. The minimum Gasteiger partial charge on any atom is -0.326 e. The molecule has 2 rings (SSSR count). The topological polar surface area (TPSA) is 29.3 Å². The van der Waals surface area contributed by atoms with E-state index in [9.17, 15) is 4.39 Å². The van der Waals surface area contributed by atoms with E-state index < -0.39 is 0 Å². The molecule has 2 aromatic rings. The molecule has 0 aliphatic heterocycles. The van der Waals surface area contributed by atoms with E-state index in [1.54, 1.807) is 6.07 Å². The van der Waals surface area contributed by atoms with Gasteiger partial charge in [0, 0.05) is 13.1 Å². The lowest BCUT2D eigenvalue weighted by atomic mass is 10.1. The van der Waals surface area contributed by atoms with Crippen molar-refractivity contribution in [2.75, 3.05) is 13.6 Å². The summed E-state index contributed by atoms with van der Waals surface area (Å²) < 4.78 is 13.5. The first-order valence-corrected chi connectivity index (χ1v) is 7.38. The summed E-state index contributed by atoms with van der Waals surface area (Å²) in [4.78, 5) is 2.22. The highest BCUT2D eigenvalue weighted by Gasteiger charge is 2.04. The van der Waals surface area contributed by atoms with E-state index in [-0.39, 0.29) is 5.82 Å². The van der Waals surface area contributed by atoms with Crippen LogP contribution in [0.4, 0.5) is 4.39 Å². The predicted octanol–water partition coefficient (Wildman–Crippen LogP) is 3.35. The highest BCUT2D eigenvalue weighted by Crippen LogP contribution is 2.11. The van der Waals surface area contributed by atoms with Crippen molar-refractivity contribution in [1.82, 2.24) is 4.90 Å². The van der Waals surface area contributed by atoms with Crippen molar-refractivity contribution in [2.45, 2.75) is 25.9 Å². The Morgan fingerprint density at radius 3 is 2.43 bits per heavy atom. The summed E-state index contributed by atoms with van der Waals surface area (Å²) in [6.45, 7) is 2.12. The molecule has 0 saturated carbocycles. The Morgan fingerprint density at radius 1 is 1.00 bits per heavy atom. The Kier molecular flexibility index (Phi) is 5.90. The zero-order valence-corrected chi connectivity index (χ0v) is 12.6. The summed E-state index contributed by atoms with van der Waals surface area (Å²) in [7, 11) is 2.07. The molecule has 0 radical (unpaired) electrons. The maximum atomic E-state index is 13.5. The predicted molar refractivity (Wildman–Crippen MR) is 85.4 cm³/mol. The van der Waals surface area contributed by atoms with Gasteiger partial charge in [-0.05, 0) is 55.3 Å². The Bertz CT molecular complexity index is 554. The van der Waals surface area contributed by atoms with Crippen molar-refractivity contribution in [3.63, 3.8) is 0 Å². The summed E-state index contributed by atoms with van der Waals surface area (Å²) in [5.41, 5.74) is 8.78. The van der Waals surface area contributed by atoms with Gasteiger partial charge in [-0.3, -0.25) is 0 Å². The number of nitrogens with two attached hydrogens (primary N) is 1. The Hall–Kier alpha value is -1.71. The molecule has 21 heavy (non-hydrogen) atoms.